The quantitative estimate of drug-likeness (QED) is 0.854. The van der Waals surface area contributed by atoms with Crippen molar-refractivity contribution >= 4 is 17.2 Å². The molecular weight excluding hydrogens is 284 g/mol. The lowest BCUT2D eigenvalue weighted by molar-refractivity contribution is 0.0392. The first-order valence-corrected chi connectivity index (χ1v) is 8.00. The predicted octanol–water partition coefficient (Wildman–Crippen LogP) is 2.81. The summed E-state index contributed by atoms with van der Waals surface area (Å²) >= 11 is 1.68. The molecule has 1 atom stereocenters. The van der Waals surface area contributed by atoms with Gasteiger partial charge in [0.05, 0.1) is 25.0 Å². The zero-order valence-corrected chi connectivity index (χ0v) is 13.4. The van der Waals surface area contributed by atoms with Gasteiger partial charge in [-0.2, -0.15) is 0 Å². The Morgan fingerprint density at radius 2 is 2.19 bits per heavy atom. The van der Waals surface area contributed by atoms with E-state index in [1.165, 1.54) is 0 Å². The molecule has 0 aliphatic carbocycles. The number of hydrogen-bond acceptors (Lipinski definition) is 6. The minimum Gasteiger partial charge on any atom is -0.367 e. The van der Waals surface area contributed by atoms with Crippen LogP contribution in [0.1, 0.15) is 37.6 Å². The van der Waals surface area contributed by atoms with Crippen LogP contribution in [0.4, 0.5) is 5.82 Å². The fraction of sp³-hybridized carbons (Fsp3) is 0.533. The van der Waals surface area contributed by atoms with Gasteiger partial charge in [-0.1, -0.05) is 20.8 Å². The molecule has 1 fully saturated rings. The minimum atomic E-state index is 0.0156. The van der Waals surface area contributed by atoms with Gasteiger partial charge in [0.2, 0.25) is 0 Å². The van der Waals surface area contributed by atoms with Crippen LogP contribution in [0.25, 0.3) is 0 Å². The van der Waals surface area contributed by atoms with Gasteiger partial charge in [-0.3, -0.25) is 4.98 Å². The molecule has 0 aromatic carbocycles. The summed E-state index contributed by atoms with van der Waals surface area (Å²) in [7, 11) is 0. The standard InChI is InChI=1S/C15H20N4OS/c1-15(2,3)12-10-21-14(18-12)11-9-19(6-7-20-11)13-8-16-4-5-17-13/h4-5,8,10-11H,6-7,9H2,1-3H3. The Morgan fingerprint density at radius 1 is 1.33 bits per heavy atom. The van der Waals surface area contributed by atoms with E-state index in [4.69, 9.17) is 9.72 Å². The summed E-state index contributed by atoms with van der Waals surface area (Å²) in [4.78, 5) is 15.5. The Hall–Kier alpha value is -1.53. The lowest BCUT2D eigenvalue weighted by Gasteiger charge is -2.32. The first-order chi connectivity index (χ1) is 10.0. The van der Waals surface area contributed by atoms with Crippen molar-refractivity contribution in [2.24, 2.45) is 0 Å². The van der Waals surface area contributed by atoms with Gasteiger partial charge in [-0.05, 0) is 0 Å². The van der Waals surface area contributed by atoms with Crippen molar-refractivity contribution in [1.29, 1.82) is 0 Å². The first kappa shape index (κ1) is 14.4. The highest BCUT2D eigenvalue weighted by molar-refractivity contribution is 7.09. The molecule has 0 radical (unpaired) electrons. The van der Waals surface area contributed by atoms with Crippen LogP contribution in [0.2, 0.25) is 0 Å². The number of nitrogens with zero attached hydrogens (tertiary/aromatic N) is 4. The minimum absolute atomic E-state index is 0.0156. The Morgan fingerprint density at radius 3 is 2.86 bits per heavy atom. The third kappa shape index (κ3) is 3.22. The molecule has 3 heterocycles. The molecule has 2 aromatic rings. The Balaban J connectivity index is 1.76. The van der Waals surface area contributed by atoms with Crippen molar-refractivity contribution in [3.63, 3.8) is 0 Å². The van der Waals surface area contributed by atoms with Crippen molar-refractivity contribution < 1.29 is 4.74 Å². The van der Waals surface area contributed by atoms with Crippen molar-refractivity contribution in [3.05, 3.63) is 34.7 Å². The van der Waals surface area contributed by atoms with E-state index >= 15 is 0 Å². The van der Waals surface area contributed by atoms with Crippen LogP contribution in [0.5, 0.6) is 0 Å². The van der Waals surface area contributed by atoms with Crippen LogP contribution < -0.4 is 4.90 Å². The maximum atomic E-state index is 5.90. The summed E-state index contributed by atoms with van der Waals surface area (Å²) in [5, 5.41) is 3.19. The molecule has 6 heteroatoms. The number of hydrogen-bond donors (Lipinski definition) is 0. The molecule has 0 bridgehead atoms. The third-order valence-electron chi connectivity index (χ3n) is 3.51. The Bertz CT molecular complexity index is 593. The fourth-order valence-corrected chi connectivity index (χ4v) is 3.33. The average molecular weight is 304 g/mol. The van der Waals surface area contributed by atoms with Crippen LogP contribution in [-0.4, -0.2) is 34.6 Å². The van der Waals surface area contributed by atoms with Crippen molar-refractivity contribution in [1.82, 2.24) is 15.0 Å². The molecule has 0 amide bonds. The highest BCUT2D eigenvalue weighted by atomic mass is 32.1. The third-order valence-corrected chi connectivity index (χ3v) is 4.44. The highest BCUT2D eigenvalue weighted by Gasteiger charge is 2.27. The largest absolute Gasteiger partial charge is 0.367 e. The molecule has 1 aliphatic heterocycles. The Labute approximate surface area is 129 Å². The molecule has 0 N–H and O–H groups in total. The smallest absolute Gasteiger partial charge is 0.147 e. The summed E-state index contributed by atoms with van der Waals surface area (Å²) in [5.74, 6) is 0.901. The van der Waals surface area contributed by atoms with Crippen molar-refractivity contribution in [2.45, 2.75) is 32.3 Å². The molecule has 112 valence electrons. The van der Waals surface area contributed by atoms with E-state index in [1.54, 1.807) is 29.9 Å². The van der Waals surface area contributed by atoms with Gasteiger partial charge >= 0.3 is 0 Å². The lowest BCUT2D eigenvalue weighted by atomic mass is 9.93. The van der Waals surface area contributed by atoms with Gasteiger partial charge in [-0.15, -0.1) is 11.3 Å². The summed E-state index contributed by atoms with van der Waals surface area (Å²) in [6, 6.07) is 0. The predicted molar refractivity (Wildman–Crippen MR) is 83.8 cm³/mol. The SMILES string of the molecule is CC(C)(C)c1csc(C2CN(c3cnccn3)CCO2)n1. The average Bonchev–Trinajstić information content (AvgIpc) is 2.98. The number of anilines is 1. The molecular formula is C15H20N4OS. The number of rotatable bonds is 2. The zero-order chi connectivity index (χ0) is 14.9. The maximum Gasteiger partial charge on any atom is 0.147 e. The normalized spacial score (nSPS) is 19.8. The molecule has 1 unspecified atom stereocenters. The van der Waals surface area contributed by atoms with E-state index < -0.39 is 0 Å². The molecule has 1 aliphatic rings. The Kier molecular flexibility index (Phi) is 3.91. The van der Waals surface area contributed by atoms with Crippen molar-refractivity contribution in [3.8, 4) is 0 Å². The van der Waals surface area contributed by atoms with Gasteiger partial charge in [0.15, 0.2) is 0 Å². The number of morpholine rings is 1. The monoisotopic (exact) mass is 304 g/mol. The maximum absolute atomic E-state index is 5.90. The summed E-state index contributed by atoms with van der Waals surface area (Å²) < 4.78 is 5.90. The summed E-state index contributed by atoms with van der Waals surface area (Å²) in [5.41, 5.74) is 1.20. The van der Waals surface area contributed by atoms with E-state index in [-0.39, 0.29) is 11.5 Å². The van der Waals surface area contributed by atoms with Crippen molar-refractivity contribution in [2.75, 3.05) is 24.6 Å². The van der Waals surface area contributed by atoms with Crippen LogP contribution >= 0.6 is 11.3 Å². The van der Waals surface area contributed by atoms with E-state index in [0.29, 0.717) is 6.61 Å². The van der Waals surface area contributed by atoms with E-state index in [9.17, 15) is 0 Å². The van der Waals surface area contributed by atoms with Crippen LogP contribution in [0.3, 0.4) is 0 Å². The molecule has 3 rings (SSSR count). The van der Waals surface area contributed by atoms with Crippen LogP contribution in [-0.2, 0) is 10.2 Å². The summed E-state index contributed by atoms with van der Waals surface area (Å²) in [6.45, 7) is 8.84. The molecule has 5 nitrogen and oxygen atoms in total. The van der Waals surface area contributed by atoms with Crippen LogP contribution in [0, 0.1) is 0 Å². The second-order valence-electron chi connectivity index (χ2n) is 6.19. The van der Waals surface area contributed by atoms with E-state index in [2.05, 4.69) is 41.0 Å². The number of thiazole rings is 1. The molecule has 0 saturated carbocycles. The van der Waals surface area contributed by atoms with Gasteiger partial charge in [0.25, 0.3) is 0 Å². The fourth-order valence-electron chi connectivity index (χ4n) is 2.24. The lowest BCUT2D eigenvalue weighted by Crippen LogP contribution is -2.38. The second-order valence-corrected chi connectivity index (χ2v) is 7.08. The van der Waals surface area contributed by atoms with E-state index in [0.717, 1.165) is 29.6 Å². The molecule has 2 aromatic heterocycles. The van der Waals surface area contributed by atoms with Gasteiger partial charge in [-0.25, -0.2) is 9.97 Å². The highest BCUT2D eigenvalue weighted by Crippen LogP contribution is 2.30. The topological polar surface area (TPSA) is 51.1 Å². The molecule has 1 saturated heterocycles. The van der Waals surface area contributed by atoms with Gasteiger partial charge in [0.1, 0.15) is 16.9 Å². The second kappa shape index (κ2) is 5.69. The molecule has 0 spiro atoms. The number of ether oxygens (including phenoxy) is 1. The summed E-state index contributed by atoms with van der Waals surface area (Å²) in [6.07, 6.45) is 5.23. The first-order valence-electron chi connectivity index (χ1n) is 7.12. The van der Waals surface area contributed by atoms with Gasteiger partial charge < -0.3 is 9.64 Å². The van der Waals surface area contributed by atoms with Gasteiger partial charge in [0, 0.05) is 29.7 Å². The zero-order valence-electron chi connectivity index (χ0n) is 12.6. The van der Waals surface area contributed by atoms with E-state index in [1.807, 2.05) is 0 Å². The molecule has 21 heavy (non-hydrogen) atoms. The number of aromatic nitrogens is 3. The van der Waals surface area contributed by atoms with Crippen LogP contribution in [0.15, 0.2) is 24.0 Å².